The summed E-state index contributed by atoms with van der Waals surface area (Å²) in [5.41, 5.74) is 5.17. The van der Waals surface area contributed by atoms with E-state index in [4.69, 9.17) is 23.2 Å². The smallest absolute Gasteiger partial charge is 0.256 e. The second-order valence-corrected chi connectivity index (χ2v) is 10.5. The van der Waals surface area contributed by atoms with Gasteiger partial charge in [0.05, 0.1) is 11.4 Å². The number of phenols is 1. The first kappa shape index (κ1) is 23.2. The van der Waals surface area contributed by atoms with Gasteiger partial charge in [0.15, 0.2) is 0 Å². The standard InChI is InChI=1S/C28H22Cl2N2O3/c1-28(2,3)16-8-14(10-21-19-6-4-17(29)12-23(19)31-26(21)34)25(33)15(9-16)11-22-20-7-5-18(30)13-24(20)32-27(22)35/h4-13,33H,1-3H3,(H,31,34)(H,32,35)/b21-10+,22-11+. The van der Waals surface area contributed by atoms with Crippen molar-refractivity contribution >= 4 is 69.7 Å². The first-order valence-corrected chi connectivity index (χ1v) is 11.8. The molecule has 3 N–H and O–H groups in total. The van der Waals surface area contributed by atoms with E-state index in [1.54, 1.807) is 48.6 Å². The summed E-state index contributed by atoms with van der Waals surface area (Å²) in [4.78, 5) is 25.5. The number of amides is 2. The quantitative estimate of drug-likeness (QED) is 0.329. The van der Waals surface area contributed by atoms with E-state index in [0.717, 1.165) is 5.56 Å². The number of aromatic hydroxyl groups is 1. The molecule has 7 heteroatoms. The molecule has 3 aromatic rings. The summed E-state index contributed by atoms with van der Waals surface area (Å²) in [6.45, 7) is 6.19. The molecule has 0 fully saturated rings. The number of anilines is 2. The van der Waals surface area contributed by atoms with E-state index in [1.807, 2.05) is 12.1 Å². The van der Waals surface area contributed by atoms with Gasteiger partial charge in [-0.1, -0.05) is 56.1 Å². The van der Waals surface area contributed by atoms with Gasteiger partial charge in [-0.3, -0.25) is 9.59 Å². The van der Waals surface area contributed by atoms with Gasteiger partial charge in [-0.2, -0.15) is 0 Å². The van der Waals surface area contributed by atoms with Gasteiger partial charge in [-0.05, 0) is 59.5 Å². The molecule has 5 nitrogen and oxygen atoms in total. The number of hydrogen-bond donors (Lipinski definition) is 3. The first-order chi connectivity index (χ1) is 16.5. The minimum absolute atomic E-state index is 0.0246. The van der Waals surface area contributed by atoms with E-state index >= 15 is 0 Å². The second kappa shape index (κ2) is 8.29. The Morgan fingerprint density at radius 1 is 0.743 bits per heavy atom. The highest BCUT2D eigenvalue weighted by Gasteiger charge is 2.27. The summed E-state index contributed by atoms with van der Waals surface area (Å²) in [6, 6.07) is 14.1. The lowest BCUT2D eigenvalue weighted by atomic mass is 9.84. The van der Waals surface area contributed by atoms with Gasteiger partial charge >= 0.3 is 0 Å². The Bertz CT molecular complexity index is 1390. The third kappa shape index (κ3) is 4.22. The van der Waals surface area contributed by atoms with E-state index in [-0.39, 0.29) is 23.0 Å². The van der Waals surface area contributed by atoms with E-state index in [1.165, 1.54) is 0 Å². The Labute approximate surface area is 213 Å². The van der Waals surface area contributed by atoms with E-state index in [0.29, 0.717) is 54.8 Å². The Balaban J connectivity index is 1.69. The van der Waals surface area contributed by atoms with Crippen molar-refractivity contribution in [3.8, 4) is 5.75 Å². The fourth-order valence-electron chi connectivity index (χ4n) is 4.26. The molecule has 5 rings (SSSR count). The molecule has 2 aliphatic rings. The van der Waals surface area contributed by atoms with Crippen LogP contribution in [0.15, 0.2) is 48.5 Å². The fourth-order valence-corrected chi connectivity index (χ4v) is 4.61. The van der Waals surface area contributed by atoms with Crippen LogP contribution in [0.1, 0.15) is 48.6 Å². The summed E-state index contributed by atoms with van der Waals surface area (Å²) in [5, 5.41) is 17.9. The van der Waals surface area contributed by atoms with Crippen molar-refractivity contribution in [3.63, 3.8) is 0 Å². The number of carbonyl (C=O) groups is 2. The molecule has 3 aromatic carbocycles. The molecule has 2 aliphatic heterocycles. The van der Waals surface area contributed by atoms with Crippen LogP contribution in [0.2, 0.25) is 10.0 Å². The van der Waals surface area contributed by atoms with Crippen molar-refractivity contribution in [2.75, 3.05) is 10.6 Å². The Kier molecular flexibility index (Phi) is 5.50. The normalized spacial score (nSPS) is 16.9. The molecule has 0 aromatic heterocycles. The number of benzene rings is 3. The maximum absolute atomic E-state index is 12.7. The van der Waals surface area contributed by atoms with Crippen molar-refractivity contribution in [1.29, 1.82) is 0 Å². The minimum Gasteiger partial charge on any atom is -0.507 e. The lowest BCUT2D eigenvalue weighted by Gasteiger charge is -2.21. The number of hydrogen-bond acceptors (Lipinski definition) is 3. The highest BCUT2D eigenvalue weighted by Crippen LogP contribution is 2.41. The van der Waals surface area contributed by atoms with Crippen LogP contribution in [0.4, 0.5) is 11.4 Å². The number of phenolic OH excluding ortho intramolecular Hbond substituents is 1. The molecular weight excluding hydrogens is 483 g/mol. The largest absolute Gasteiger partial charge is 0.507 e. The second-order valence-electron chi connectivity index (χ2n) is 9.66. The van der Waals surface area contributed by atoms with Crippen LogP contribution < -0.4 is 10.6 Å². The molecule has 0 spiro atoms. The molecule has 2 amide bonds. The highest BCUT2D eigenvalue weighted by molar-refractivity contribution is 6.37. The average molecular weight is 505 g/mol. The maximum Gasteiger partial charge on any atom is 0.256 e. The van der Waals surface area contributed by atoms with Crippen LogP contribution in [0.25, 0.3) is 23.3 Å². The van der Waals surface area contributed by atoms with Crippen molar-refractivity contribution in [2.45, 2.75) is 26.2 Å². The van der Waals surface area contributed by atoms with Crippen LogP contribution >= 0.6 is 23.2 Å². The van der Waals surface area contributed by atoms with Gasteiger partial charge in [0.25, 0.3) is 11.8 Å². The zero-order valence-corrected chi connectivity index (χ0v) is 20.8. The van der Waals surface area contributed by atoms with Crippen LogP contribution in [-0.2, 0) is 15.0 Å². The van der Waals surface area contributed by atoms with Crippen LogP contribution in [0.5, 0.6) is 5.75 Å². The summed E-state index contributed by atoms with van der Waals surface area (Å²) in [6.07, 6.45) is 3.34. The maximum atomic E-state index is 12.7. The molecular formula is C28H22Cl2N2O3. The zero-order valence-electron chi connectivity index (χ0n) is 19.3. The molecule has 0 bridgehead atoms. The van der Waals surface area contributed by atoms with E-state index in [2.05, 4.69) is 31.4 Å². The van der Waals surface area contributed by atoms with Crippen molar-refractivity contribution in [1.82, 2.24) is 0 Å². The van der Waals surface area contributed by atoms with E-state index < -0.39 is 0 Å². The molecule has 35 heavy (non-hydrogen) atoms. The topological polar surface area (TPSA) is 78.4 Å². The number of fused-ring (bicyclic) bond motifs is 2. The SMILES string of the molecule is CC(C)(C)c1cc(/C=C2/C(=O)Nc3cc(Cl)ccc32)c(O)c(/C=C2/C(=O)Nc3cc(Cl)ccc32)c1. The average Bonchev–Trinajstić information content (AvgIpc) is 3.24. The molecule has 2 heterocycles. The van der Waals surface area contributed by atoms with Gasteiger partial charge in [0, 0.05) is 43.4 Å². The van der Waals surface area contributed by atoms with Crippen molar-refractivity contribution in [3.05, 3.63) is 86.4 Å². The molecule has 0 radical (unpaired) electrons. The van der Waals surface area contributed by atoms with Gasteiger partial charge in [-0.15, -0.1) is 0 Å². The minimum atomic E-state index is -0.274. The zero-order chi connectivity index (χ0) is 25.1. The molecule has 0 saturated heterocycles. The predicted molar refractivity (Wildman–Crippen MR) is 143 cm³/mol. The Morgan fingerprint density at radius 2 is 1.17 bits per heavy atom. The molecule has 0 saturated carbocycles. The number of rotatable bonds is 2. The molecule has 0 atom stereocenters. The van der Waals surface area contributed by atoms with Gasteiger partial charge in [0.2, 0.25) is 0 Å². The van der Waals surface area contributed by atoms with Gasteiger partial charge in [0.1, 0.15) is 5.75 Å². The summed E-state index contributed by atoms with van der Waals surface area (Å²) in [7, 11) is 0. The predicted octanol–water partition coefficient (Wildman–Crippen LogP) is 6.98. The van der Waals surface area contributed by atoms with Crippen molar-refractivity contribution in [2.24, 2.45) is 0 Å². The number of halogens is 2. The van der Waals surface area contributed by atoms with Crippen molar-refractivity contribution < 1.29 is 14.7 Å². The van der Waals surface area contributed by atoms with Crippen LogP contribution in [0, 0.1) is 0 Å². The number of carbonyl (C=O) groups excluding carboxylic acids is 2. The Hall–Kier alpha value is -3.54. The molecule has 0 aliphatic carbocycles. The molecule has 0 unspecified atom stereocenters. The number of nitrogens with one attached hydrogen (secondary N) is 2. The van der Waals surface area contributed by atoms with Crippen LogP contribution in [-0.4, -0.2) is 16.9 Å². The van der Waals surface area contributed by atoms with E-state index in [9.17, 15) is 14.7 Å². The lowest BCUT2D eigenvalue weighted by molar-refractivity contribution is -0.111. The monoisotopic (exact) mass is 504 g/mol. The van der Waals surface area contributed by atoms with Crippen LogP contribution in [0.3, 0.4) is 0 Å². The third-order valence-corrected chi connectivity index (χ3v) is 6.63. The lowest BCUT2D eigenvalue weighted by Crippen LogP contribution is -2.12. The first-order valence-electron chi connectivity index (χ1n) is 11.0. The third-order valence-electron chi connectivity index (χ3n) is 6.16. The Morgan fingerprint density at radius 3 is 1.57 bits per heavy atom. The molecule has 176 valence electrons. The summed E-state index contributed by atoms with van der Waals surface area (Å²) in [5.74, 6) is -0.573. The summed E-state index contributed by atoms with van der Waals surface area (Å²) >= 11 is 12.2. The van der Waals surface area contributed by atoms with Gasteiger partial charge in [-0.25, -0.2) is 0 Å². The summed E-state index contributed by atoms with van der Waals surface area (Å²) < 4.78 is 0. The van der Waals surface area contributed by atoms with Gasteiger partial charge < -0.3 is 15.7 Å². The fraction of sp³-hybridized carbons (Fsp3) is 0.143. The highest BCUT2D eigenvalue weighted by atomic mass is 35.5.